The monoisotopic (exact) mass is 310 g/mol. The highest BCUT2D eigenvalue weighted by Gasteiger charge is 2.62. The summed E-state index contributed by atoms with van der Waals surface area (Å²) in [6, 6.07) is 0. The Morgan fingerprint density at radius 1 is 1.22 bits per heavy atom. The predicted octanol–water partition coefficient (Wildman–Crippen LogP) is 4.14. The standard InChI is InChI=1S/C21H26O2/c1-4-21(23)12-9-18-16-6-5-14-13-15(22)7-10-19(14,2)17(16)8-11-20(18,21)3/h1,5,7,10,13,16-18,22-23H,6,8-9,11-12H2,2-3H3/t16-,17+,18+,19+,20+,21+/m1/s1. The minimum atomic E-state index is -0.936. The van der Waals surface area contributed by atoms with Crippen LogP contribution in [0.15, 0.2) is 35.6 Å². The lowest BCUT2D eigenvalue weighted by Crippen LogP contribution is -2.53. The van der Waals surface area contributed by atoms with Gasteiger partial charge in [-0.3, -0.25) is 0 Å². The Labute approximate surface area is 139 Å². The van der Waals surface area contributed by atoms with Gasteiger partial charge in [0, 0.05) is 10.8 Å². The van der Waals surface area contributed by atoms with Crippen molar-refractivity contribution in [3.8, 4) is 12.3 Å². The van der Waals surface area contributed by atoms with Gasteiger partial charge in [-0.2, -0.15) is 0 Å². The molecule has 4 rings (SSSR count). The molecule has 2 N–H and O–H groups in total. The van der Waals surface area contributed by atoms with E-state index in [0.717, 1.165) is 32.1 Å². The van der Waals surface area contributed by atoms with Crippen molar-refractivity contribution < 1.29 is 10.2 Å². The highest BCUT2D eigenvalue weighted by Crippen LogP contribution is 2.66. The van der Waals surface area contributed by atoms with E-state index in [0.29, 0.717) is 23.5 Å². The minimum Gasteiger partial charge on any atom is -0.508 e. The SMILES string of the molecule is C#C[C@]1(O)CC[C@H]2[C@@H]3CC=C4C=C(O)C=C[C@]4(C)[C@H]3CC[C@@]21C. The molecule has 0 aromatic carbocycles. The molecule has 0 bridgehead atoms. The second-order valence-electron chi connectivity index (χ2n) is 8.46. The Morgan fingerprint density at radius 2 is 1.96 bits per heavy atom. The molecule has 0 heterocycles. The summed E-state index contributed by atoms with van der Waals surface area (Å²) in [7, 11) is 0. The number of terminal acetylenes is 1. The fraction of sp³-hybridized carbons (Fsp3) is 0.619. The van der Waals surface area contributed by atoms with Crippen molar-refractivity contribution in [3.05, 3.63) is 35.6 Å². The van der Waals surface area contributed by atoms with E-state index >= 15 is 0 Å². The molecule has 2 heteroatoms. The van der Waals surface area contributed by atoms with Crippen LogP contribution >= 0.6 is 0 Å². The average Bonchev–Trinajstić information content (AvgIpc) is 2.80. The quantitative estimate of drug-likeness (QED) is 0.660. The van der Waals surface area contributed by atoms with Crippen LogP contribution in [0, 0.1) is 40.9 Å². The first kappa shape index (κ1) is 15.1. The first-order chi connectivity index (χ1) is 10.8. The van der Waals surface area contributed by atoms with Crippen molar-refractivity contribution in [2.24, 2.45) is 28.6 Å². The molecule has 4 aliphatic carbocycles. The van der Waals surface area contributed by atoms with Gasteiger partial charge in [-0.25, -0.2) is 0 Å². The van der Waals surface area contributed by atoms with E-state index in [-0.39, 0.29) is 10.8 Å². The molecule has 0 aliphatic heterocycles. The molecule has 0 unspecified atom stereocenters. The van der Waals surface area contributed by atoms with Gasteiger partial charge >= 0.3 is 0 Å². The molecular weight excluding hydrogens is 284 g/mol. The van der Waals surface area contributed by atoms with E-state index in [9.17, 15) is 10.2 Å². The van der Waals surface area contributed by atoms with E-state index in [1.807, 2.05) is 12.2 Å². The lowest BCUT2D eigenvalue weighted by molar-refractivity contribution is -0.0853. The van der Waals surface area contributed by atoms with Gasteiger partial charge < -0.3 is 10.2 Å². The van der Waals surface area contributed by atoms with Crippen LogP contribution in [-0.4, -0.2) is 15.8 Å². The predicted molar refractivity (Wildman–Crippen MR) is 91.5 cm³/mol. The first-order valence-electron chi connectivity index (χ1n) is 8.85. The number of hydrogen-bond donors (Lipinski definition) is 2. The van der Waals surface area contributed by atoms with Crippen LogP contribution in [0.3, 0.4) is 0 Å². The molecule has 2 nitrogen and oxygen atoms in total. The summed E-state index contributed by atoms with van der Waals surface area (Å²) in [5, 5.41) is 20.8. The molecule has 2 fully saturated rings. The van der Waals surface area contributed by atoms with Crippen LogP contribution < -0.4 is 0 Å². The topological polar surface area (TPSA) is 40.5 Å². The Balaban J connectivity index is 1.74. The maximum Gasteiger partial charge on any atom is 0.130 e. The van der Waals surface area contributed by atoms with Crippen LogP contribution in [0.1, 0.15) is 46.0 Å². The third-order valence-electron chi connectivity index (χ3n) is 7.73. The van der Waals surface area contributed by atoms with Gasteiger partial charge in [-0.1, -0.05) is 31.9 Å². The number of hydrogen-bond acceptors (Lipinski definition) is 2. The number of rotatable bonds is 0. The molecular formula is C21H26O2. The van der Waals surface area contributed by atoms with Crippen LogP contribution in [0.2, 0.25) is 0 Å². The molecule has 23 heavy (non-hydrogen) atoms. The zero-order chi connectivity index (χ0) is 16.5. The smallest absolute Gasteiger partial charge is 0.130 e. The second-order valence-corrected chi connectivity index (χ2v) is 8.46. The van der Waals surface area contributed by atoms with E-state index in [2.05, 4.69) is 31.9 Å². The molecule has 0 saturated heterocycles. The summed E-state index contributed by atoms with van der Waals surface area (Å²) < 4.78 is 0. The van der Waals surface area contributed by atoms with Gasteiger partial charge in [0.2, 0.25) is 0 Å². The number of aliphatic hydroxyl groups is 2. The second kappa shape index (κ2) is 4.54. The van der Waals surface area contributed by atoms with Crippen LogP contribution in [0.5, 0.6) is 0 Å². The van der Waals surface area contributed by atoms with Crippen molar-refractivity contribution >= 4 is 0 Å². The fourth-order valence-corrected chi connectivity index (χ4v) is 6.21. The van der Waals surface area contributed by atoms with E-state index < -0.39 is 5.60 Å². The van der Waals surface area contributed by atoms with E-state index in [1.54, 1.807) is 0 Å². The van der Waals surface area contributed by atoms with Gasteiger partial charge in [0.05, 0.1) is 0 Å². The van der Waals surface area contributed by atoms with Gasteiger partial charge in [0.25, 0.3) is 0 Å². The summed E-state index contributed by atoms with van der Waals surface area (Å²) in [4.78, 5) is 0. The maximum atomic E-state index is 11.0. The zero-order valence-corrected chi connectivity index (χ0v) is 14.0. The number of allylic oxidation sites excluding steroid dienone is 5. The highest BCUT2D eigenvalue weighted by atomic mass is 16.3. The maximum absolute atomic E-state index is 11.0. The molecule has 0 radical (unpaired) electrons. The largest absolute Gasteiger partial charge is 0.508 e. The molecule has 6 atom stereocenters. The van der Waals surface area contributed by atoms with Crippen molar-refractivity contribution in [2.75, 3.05) is 0 Å². The van der Waals surface area contributed by atoms with Gasteiger partial charge in [-0.15, -0.1) is 6.42 Å². The lowest BCUT2D eigenvalue weighted by atomic mass is 9.48. The highest BCUT2D eigenvalue weighted by molar-refractivity contribution is 5.43. The average molecular weight is 310 g/mol. The first-order valence-corrected chi connectivity index (χ1v) is 8.85. The molecule has 0 amide bonds. The Kier molecular flexibility index (Phi) is 2.98. The summed E-state index contributed by atoms with van der Waals surface area (Å²) >= 11 is 0. The van der Waals surface area contributed by atoms with Crippen LogP contribution in [0.25, 0.3) is 0 Å². The van der Waals surface area contributed by atoms with Crippen molar-refractivity contribution in [1.82, 2.24) is 0 Å². The molecule has 122 valence electrons. The molecule has 2 saturated carbocycles. The molecule has 0 spiro atoms. The summed E-state index contributed by atoms with van der Waals surface area (Å²) in [5.74, 6) is 4.72. The minimum absolute atomic E-state index is 0.00727. The normalized spacial score (nSPS) is 51.0. The molecule has 0 aromatic rings. The van der Waals surface area contributed by atoms with Gasteiger partial charge in [-0.05, 0) is 67.6 Å². The van der Waals surface area contributed by atoms with Crippen LogP contribution in [-0.2, 0) is 0 Å². The third-order valence-corrected chi connectivity index (χ3v) is 7.73. The van der Waals surface area contributed by atoms with Crippen molar-refractivity contribution in [3.63, 3.8) is 0 Å². The number of aliphatic hydroxyl groups excluding tert-OH is 1. The van der Waals surface area contributed by atoms with E-state index in [1.165, 1.54) is 5.57 Å². The van der Waals surface area contributed by atoms with Crippen molar-refractivity contribution in [2.45, 2.75) is 51.6 Å². The Hall–Kier alpha value is -1.46. The Bertz CT molecular complexity index is 678. The van der Waals surface area contributed by atoms with Gasteiger partial charge in [0.15, 0.2) is 0 Å². The molecule has 4 aliphatic rings. The summed E-state index contributed by atoms with van der Waals surface area (Å²) in [6.07, 6.45) is 18.9. The molecule has 0 aromatic heterocycles. The summed E-state index contributed by atoms with van der Waals surface area (Å²) in [5.41, 5.74) is 0.176. The van der Waals surface area contributed by atoms with Gasteiger partial charge in [0.1, 0.15) is 11.4 Å². The van der Waals surface area contributed by atoms with Crippen LogP contribution in [0.4, 0.5) is 0 Å². The Morgan fingerprint density at radius 3 is 2.70 bits per heavy atom. The fourth-order valence-electron chi connectivity index (χ4n) is 6.21. The summed E-state index contributed by atoms with van der Waals surface area (Å²) in [6.45, 7) is 4.52. The number of fused-ring (bicyclic) bond motifs is 5. The van der Waals surface area contributed by atoms with Crippen molar-refractivity contribution in [1.29, 1.82) is 0 Å². The lowest BCUT2D eigenvalue weighted by Gasteiger charge is -2.56. The third kappa shape index (κ3) is 1.75. The zero-order valence-electron chi connectivity index (χ0n) is 14.0. The van der Waals surface area contributed by atoms with E-state index in [4.69, 9.17) is 6.42 Å².